The molecule has 1 aromatic carbocycles. The van der Waals surface area contributed by atoms with E-state index in [-0.39, 0.29) is 0 Å². The average molecular weight is 389 g/mol. The molecule has 0 unspecified atom stereocenters. The second kappa shape index (κ2) is 8.94. The van der Waals surface area contributed by atoms with E-state index in [1.807, 2.05) is 42.7 Å². The van der Waals surface area contributed by atoms with E-state index in [9.17, 15) is 9.90 Å². The molecule has 2 aromatic rings. The summed E-state index contributed by atoms with van der Waals surface area (Å²) in [6, 6.07) is 8.01. The summed E-state index contributed by atoms with van der Waals surface area (Å²) < 4.78 is 2.02. The zero-order valence-electron chi connectivity index (χ0n) is 16.2. The minimum absolute atomic E-state index is 0.417. The molecule has 1 aliphatic carbocycles. The van der Waals surface area contributed by atoms with Crippen molar-refractivity contribution in [3.05, 3.63) is 51.8 Å². The normalized spacial score (nSPS) is 16.1. The maximum Gasteiger partial charge on any atom is 0.337 e. The van der Waals surface area contributed by atoms with Gasteiger partial charge in [0, 0.05) is 40.2 Å². The number of nitrogens with zero attached hydrogens (tertiary/aromatic N) is 1. The average Bonchev–Trinajstić information content (AvgIpc) is 2.85. The Bertz CT molecular complexity index is 788. The van der Waals surface area contributed by atoms with Crippen LogP contribution in [0.15, 0.2) is 24.3 Å². The molecule has 0 spiro atoms. The van der Waals surface area contributed by atoms with E-state index in [2.05, 4.69) is 5.32 Å². The number of halogens is 1. The Morgan fingerprint density at radius 1 is 1.07 bits per heavy atom. The van der Waals surface area contributed by atoms with E-state index in [0.717, 1.165) is 22.6 Å². The number of carboxylic acids is 1. The maximum atomic E-state index is 12.0. The molecule has 27 heavy (non-hydrogen) atoms. The molecular formula is C22H29ClN2O2. The van der Waals surface area contributed by atoms with Crippen LogP contribution >= 0.6 is 11.6 Å². The molecule has 0 saturated heterocycles. The summed E-state index contributed by atoms with van der Waals surface area (Å²) in [5, 5.41) is 14.1. The Morgan fingerprint density at radius 3 is 2.26 bits per heavy atom. The van der Waals surface area contributed by atoms with Crippen molar-refractivity contribution in [1.29, 1.82) is 0 Å². The highest BCUT2D eigenvalue weighted by Gasteiger charge is 2.24. The number of carbonyl (C=O) groups is 1. The van der Waals surface area contributed by atoms with Gasteiger partial charge in [-0.25, -0.2) is 4.79 Å². The van der Waals surface area contributed by atoms with Gasteiger partial charge in [0.25, 0.3) is 0 Å². The van der Waals surface area contributed by atoms with Crippen molar-refractivity contribution in [3.63, 3.8) is 0 Å². The Morgan fingerprint density at radius 2 is 1.67 bits per heavy atom. The second-order valence-electron chi connectivity index (χ2n) is 7.56. The largest absolute Gasteiger partial charge is 0.478 e. The standard InChI is InChI=1S/C22H29ClN2O2/c1-15-20(14-24-18-8-6-4-3-5-7-9-18)21(22(26)27)16(2)25(15)19-12-10-17(23)11-13-19/h10-13,18,24H,3-9,14H2,1-2H3,(H,26,27). The first kappa shape index (κ1) is 20.0. The lowest BCUT2D eigenvalue weighted by atomic mass is 9.96. The van der Waals surface area contributed by atoms with Crippen molar-refractivity contribution in [1.82, 2.24) is 9.88 Å². The Balaban J connectivity index is 1.88. The highest BCUT2D eigenvalue weighted by molar-refractivity contribution is 6.30. The van der Waals surface area contributed by atoms with Crippen molar-refractivity contribution in [2.24, 2.45) is 0 Å². The molecule has 1 heterocycles. The van der Waals surface area contributed by atoms with Crippen LogP contribution in [0.25, 0.3) is 5.69 Å². The molecule has 1 aliphatic rings. The fourth-order valence-electron chi connectivity index (χ4n) is 4.28. The lowest BCUT2D eigenvalue weighted by Crippen LogP contribution is -2.30. The summed E-state index contributed by atoms with van der Waals surface area (Å²) in [5.41, 5.74) is 3.98. The predicted molar refractivity (Wildman–Crippen MR) is 110 cm³/mol. The molecule has 3 rings (SSSR count). The first-order chi connectivity index (χ1) is 13.0. The molecule has 1 aromatic heterocycles. The summed E-state index contributed by atoms with van der Waals surface area (Å²) in [4.78, 5) is 12.0. The fourth-order valence-corrected chi connectivity index (χ4v) is 4.41. The predicted octanol–water partition coefficient (Wildman–Crippen LogP) is 5.65. The lowest BCUT2D eigenvalue weighted by Gasteiger charge is -2.21. The van der Waals surface area contributed by atoms with Gasteiger partial charge in [0.2, 0.25) is 0 Å². The smallest absolute Gasteiger partial charge is 0.337 e. The molecule has 1 fully saturated rings. The van der Waals surface area contributed by atoms with Gasteiger partial charge in [0.1, 0.15) is 0 Å². The molecule has 2 N–H and O–H groups in total. The third kappa shape index (κ3) is 4.56. The van der Waals surface area contributed by atoms with Crippen LogP contribution in [0.2, 0.25) is 5.02 Å². The van der Waals surface area contributed by atoms with Crippen LogP contribution in [0, 0.1) is 13.8 Å². The van der Waals surface area contributed by atoms with Crippen LogP contribution in [0.4, 0.5) is 0 Å². The summed E-state index contributed by atoms with van der Waals surface area (Å²) in [5.74, 6) is -0.863. The quantitative estimate of drug-likeness (QED) is 0.695. The van der Waals surface area contributed by atoms with Crippen LogP contribution in [0.3, 0.4) is 0 Å². The number of carboxylic acid groups (broad SMARTS) is 1. The van der Waals surface area contributed by atoms with Crippen LogP contribution in [-0.4, -0.2) is 21.7 Å². The first-order valence-corrected chi connectivity index (χ1v) is 10.3. The van der Waals surface area contributed by atoms with Gasteiger partial charge < -0.3 is 15.0 Å². The molecule has 5 heteroatoms. The fraction of sp³-hybridized carbons (Fsp3) is 0.500. The van der Waals surface area contributed by atoms with Crippen molar-refractivity contribution in [2.45, 2.75) is 71.4 Å². The van der Waals surface area contributed by atoms with Crippen LogP contribution in [-0.2, 0) is 6.54 Å². The molecule has 0 aliphatic heterocycles. The molecule has 0 amide bonds. The summed E-state index contributed by atoms with van der Waals surface area (Å²) in [6.07, 6.45) is 8.84. The van der Waals surface area contributed by atoms with Crippen molar-refractivity contribution in [2.75, 3.05) is 0 Å². The minimum atomic E-state index is -0.863. The zero-order valence-corrected chi connectivity index (χ0v) is 17.0. The van der Waals surface area contributed by atoms with E-state index in [1.54, 1.807) is 0 Å². The molecule has 4 nitrogen and oxygen atoms in total. The molecule has 146 valence electrons. The minimum Gasteiger partial charge on any atom is -0.478 e. The van der Waals surface area contributed by atoms with Crippen molar-refractivity contribution < 1.29 is 9.90 Å². The van der Waals surface area contributed by atoms with Gasteiger partial charge in [0.05, 0.1) is 5.56 Å². The topological polar surface area (TPSA) is 54.3 Å². The van der Waals surface area contributed by atoms with E-state index in [0.29, 0.717) is 23.2 Å². The number of hydrogen-bond donors (Lipinski definition) is 2. The van der Waals surface area contributed by atoms with Gasteiger partial charge in [0.15, 0.2) is 0 Å². The van der Waals surface area contributed by atoms with Crippen LogP contribution in [0.1, 0.15) is 72.3 Å². The SMILES string of the molecule is Cc1c(CNC2CCCCCCC2)c(C(=O)O)c(C)n1-c1ccc(Cl)cc1. The van der Waals surface area contributed by atoms with E-state index < -0.39 is 5.97 Å². The number of hydrogen-bond acceptors (Lipinski definition) is 2. The van der Waals surface area contributed by atoms with E-state index in [4.69, 9.17) is 11.6 Å². The second-order valence-corrected chi connectivity index (χ2v) is 8.00. The van der Waals surface area contributed by atoms with Gasteiger partial charge in [-0.2, -0.15) is 0 Å². The van der Waals surface area contributed by atoms with Gasteiger partial charge in [-0.15, -0.1) is 0 Å². The highest BCUT2D eigenvalue weighted by atomic mass is 35.5. The van der Waals surface area contributed by atoms with Crippen molar-refractivity contribution >= 4 is 17.6 Å². The molecule has 1 saturated carbocycles. The summed E-state index contributed by atoms with van der Waals surface area (Å²) >= 11 is 6.01. The molecular weight excluding hydrogens is 360 g/mol. The number of aromatic nitrogens is 1. The van der Waals surface area contributed by atoms with E-state index >= 15 is 0 Å². The van der Waals surface area contributed by atoms with Gasteiger partial charge in [-0.1, -0.05) is 43.7 Å². The van der Waals surface area contributed by atoms with Crippen LogP contribution in [0.5, 0.6) is 0 Å². The molecule has 0 radical (unpaired) electrons. The molecule has 0 atom stereocenters. The first-order valence-electron chi connectivity index (χ1n) is 9.92. The monoisotopic (exact) mass is 388 g/mol. The Kier molecular flexibility index (Phi) is 6.61. The third-order valence-corrected chi connectivity index (χ3v) is 5.99. The Hall–Kier alpha value is -1.78. The highest BCUT2D eigenvalue weighted by Crippen LogP contribution is 2.28. The number of aromatic carboxylic acids is 1. The van der Waals surface area contributed by atoms with Gasteiger partial charge in [-0.05, 0) is 51.0 Å². The third-order valence-electron chi connectivity index (χ3n) is 5.74. The molecule has 0 bridgehead atoms. The number of rotatable bonds is 5. The summed E-state index contributed by atoms with van der Waals surface area (Å²) in [7, 11) is 0. The zero-order chi connectivity index (χ0) is 19.4. The summed E-state index contributed by atoms with van der Waals surface area (Å²) in [6.45, 7) is 4.48. The number of nitrogens with one attached hydrogen (secondary N) is 1. The maximum absolute atomic E-state index is 12.0. The van der Waals surface area contributed by atoms with Crippen LogP contribution < -0.4 is 5.32 Å². The van der Waals surface area contributed by atoms with Gasteiger partial charge >= 0.3 is 5.97 Å². The van der Waals surface area contributed by atoms with E-state index in [1.165, 1.54) is 44.9 Å². The van der Waals surface area contributed by atoms with Gasteiger partial charge in [-0.3, -0.25) is 0 Å². The van der Waals surface area contributed by atoms with Crippen molar-refractivity contribution in [3.8, 4) is 5.69 Å². The lowest BCUT2D eigenvalue weighted by molar-refractivity contribution is 0.0694. The Labute approximate surface area is 166 Å². The number of benzene rings is 1.